The first kappa shape index (κ1) is 15.6. The summed E-state index contributed by atoms with van der Waals surface area (Å²) >= 11 is 9.30. The van der Waals surface area contributed by atoms with Crippen molar-refractivity contribution >= 4 is 33.2 Å². The quantitative estimate of drug-likeness (QED) is 0.423. The Bertz CT molecular complexity index is 678. The number of non-ortho nitro benzene ring substituents is 1. The molecule has 2 aromatic rings. The van der Waals surface area contributed by atoms with Crippen LogP contribution in [0.25, 0.3) is 0 Å². The predicted octanol–water partition coefficient (Wildman–Crippen LogP) is 4.94. The zero-order valence-corrected chi connectivity index (χ0v) is 13.3. The van der Waals surface area contributed by atoms with E-state index in [0.717, 1.165) is 5.56 Å². The monoisotopic (exact) mass is 371 g/mol. The molecule has 0 saturated carbocycles. The lowest BCUT2D eigenvalue weighted by atomic mass is 10.2. The molecule has 2 aromatic carbocycles. The van der Waals surface area contributed by atoms with Gasteiger partial charge in [-0.2, -0.15) is 0 Å². The molecule has 7 heteroatoms. The zero-order chi connectivity index (χ0) is 15.4. The van der Waals surface area contributed by atoms with Gasteiger partial charge in [-0.05, 0) is 24.3 Å². The van der Waals surface area contributed by atoms with Gasteiger partial charge in [0.05, 0.1) is 18.1 Å². The minimum Gasteiger partial charge on any atom is -0.493 e. The summed E-state index contributed by atoms with van der Waals surface area (Å²) < 4.78 is 10.9. The number of nitrogens with zero attached hydrogens (tertiary/aromatic N) is 1. The van der Waals surface area contributed by atoms with Crippen molar-refractivity contribution in [3.63, 3.8) is 0 Å². The first-order chi connectivity index (χ1) is 10.0. The van der Waals surface area contributed by atoms with E-state index in [0.29, 0.717) is 27.6 Å². The average Bonchev–Trinajstić information content (AvgIpc) is 2.49. The number of halogens is 2. The predicted molar refractivity (Wildman–Crippen MR) is 83.8 cm³/mol. The second-order valence-corrected chi connectivity index (χ2v) is 5.08. The molecule has 5 nitrogen and oxygen atoms in total. The standard InChI is InChI=1S/C14H11BrClNO4/c1-20-14-7-11(17(18)19)3-5-13(14)21-12-4-2-10(16)6-9(12)8-15/h2-7H,8H2,1H3. The van der Waals surface area contributed by atoms with Crippen LogP contribution in [0.15, 0.2) is 36.4 Å². The zero-order valence-electron chi connectivity index (χ0n) is 11.0. The summed E-state index contributed by atoms with van der Waals surface area (Å²) in [5.41, 5.74) is 0.805. The second kappa shape index (κ2) is 6.78. The molecule has 0 radical (unpaired) electrons. The summed E-state index contributed by atoms with van der Waals surface area (Å²) in [5.74, 6) is 1.29. The topological polar surface area (TPSA) is 61.6 Å². The largest absolute Gasteiger partial charge is 0.493 e. The summed E-state index contributed by atoms with van der Waals surface area (Å²) in [5, 5.41) is 11.9. The Hall–Kier alpha value is -1.79. The minimum absolute atomic E-state index is 0.0592. The molecule has 0 aliphatic carbocycles. The van der Waals surface area contributed by atoms with E-state index >= 15 is 0 Å². The number of ether oxygens (including phenoxy) is 2. The normalized spacial score (nSPS) is 10.2. The molecule has 0 spiro atoms. The van der Waals surface area contributed by atoms with Gasteiger partial charge in [-0.1, -0.05) is 27.5 Å². The van der Waals surface area contributed by atoms with Crippen molar-refractivity contribution in [3.8, 4) is 17.2 Å². The summed E-state index contributed by atoms with van der Waals surface area (Å²) in [6.07, 6.45) is 0. The molecule has 0 aromatic heterocycles. The lowest BCUT2D eigenvalue weighted by molar-refractivity contribution is -0.384. The maximum Gasteiger partial charge on any atom is 0.273 e. The fourth-order valence-corrected chi connectivity index (χ4v) is 2.36. The molecule has 0 aliphatic heterocycles. The number of benzene rings is 2. The smallest absolute Gasteiger partial charge is 0.273 e. The molecule has 2 rings (SSSR count). The van der Waals surface area contributed by atoms with Crippen LogP contribution in [0, 0.1) is 10.1 Å². The molecule has 0 amide bonds. The lowest BCUT2D eigenvalue weighted by Crippen LogP contribution is -1.95. The Morgan fingerprint density at radius 3 is 2.52 bits per heavy atom. The third-order valence-corrected chi connectivity index (χ3v) is 3.58. The molecule has 0 atom stereocenters. The van der Waals surface area contributed by atoms with E-state index in [-0.39, 0.29) is 5.69 Å². The summed E-state index contributed by atoms with van der Waals surface area (Å²) in [6, 6.07) is 9.41. The highest BCUT2D eigenvalue weighted by Crippen LogP contribution is 2.36. The number of hydrogen-bond donors (Lipinski definition) is 0. The van der Waals surface area contributed by atoms with Gasteiger partial charge >= 0.3 is 0 Å². The Labute approximate surface area is 134 Å². The van der Waals surface area contributed by atoms with Crippen LogP contribution in [0.3, 0.4) is 0 Å². The Kier molecular flexibility index (Phi) is 5.03. The molecule has 0 heterocycles. The third-order valence-electron chi connectivity index (χ3n) is 2.74. The lowest BCUT2D eigenvalue weighted by Gasteiger charge is -2.12. The van der Waals surface area contributed by atoms with Crippen molar-refractivity contribution in [2.45, 2.75) is 5.33 Å². The van der Waals surface area contributed by atoms with Crippen molar-refractivity contribution in [2.24, 2.45) is 0 Å². The van der Waals surface area contributed by atoms with Gasteiger partial charge in [-0.15, -0.1) is 0 Å². The van der Waals surface area contributed by atoms with Gasteiger partial charge in [0.2, 0.25) is 0 Å². The van der Waals surface area contributed by atoms with E-state index in [1.807, 2.05) is 0 Å². The van der Waals surface area contributed by atoms with Gasteiger partial charge in [0.1, 0.15) is 5.75 Å². The summed E-state index contributed by atoms with van der Waals surface area (Å²) in [6.45, 7) is 0. The van der Waals surface area contributed by atoms with E-state index in [2.05, 4.69) is 15.9 Å². The summed E-state index contributed by atoms with van der Waals surface area (Å²) in [4.78, 5) is 10.3. The maximum atomic E-state index is 10.8. The van der Waals surface area contributed by atoms with Gasteiger partial charge in [-0.25, -0.2) is 0 Å². The van der Waals surface area contributed by atoms with E-state index in [4.69, 9.17) is 21.1 Å². The highest BCUT2D eigenvalue weighted by atomic mass is 79.9. The molecule has 21 heavy (non-hydrogen) atoms. The van der Waals surface area contributed by atoms with Crippen LogP contribution in [0.2, 0.25) is 5.02 Å². The SMILES string of the molecule is COc1cc([N+](=O)[O-])ccc1Oc1ccc(Cl)cc1CBr. The fourth-order valence-electron chi connectivity index (χ4n) is 1.72. The first-order valence-electron chi connectivity index (χ1n) is 5.90. The number of methoxy groups -OCH3 is 1. The molecule has 0 bridgehead atoms. The van der Waals surface area contributed by atoms with Crippen molar-refractivity contribution in [2.75, 3.05) is 7.11 Å². The van der Waals surface area contributed by atoms with E-state index in [1.54, 1.807) is 18.2 Å². The van der Waals surface area contributed by atoms with Crippen molar-refractivity contribution in [1.82, 2.24) is 0 Å². The van der Waals surface area contributed by atoms with E-state index < -0.39 is 4.92 Å². The minimum atomic E-state index is -0.488. The van der Waals surface area contributed by atoms with Gasteiger partial charge in [0.25, 0.3) is 5.69 Å². The van der Waals surface area contributed by atoms with Crippen LogP contribution >= 0.6 is 27.5 Å². The Balaban J connectivity index is 2.37. The molecular formula is C14H11BrClNO4. The number of alkyl halides is 1. The first-order valence-corrected chi connectivity index (χ1v) is 7.39. The fraction of sp³-hybridized carbons (Fsp3) is 0.143. The molecule has 110 valence electrons. The van der Waals surface area contributed by atoms with Gasteiger partial charge < -0.3 is 9.47 Å². The van der Waals surface area contributed by atoms with E-state index in [1.165, 1.54) is 25.3 Å². The molecular weight excluding hydrogens is 362 g/mol. The highest BCUT2D eigenvalue weighted by Gasteiger charge is 2.14. The number of rotatable bonds is 5. The van der Waals surface area contributed by atoms with Gasteiger partial charge in [-0.3, -0.25) is 10.1 Å². The second-order valence-electron chi connectivity index (χ2n) is 4.08. The Morgan fingerprint density at radius 1 is 1.19 bits per heavy atom. The molecule has 0 unspecified atom stereocenters. The molecule has 0 fully saturated rings. The third kappa shape index (κ3) is 3.65. The summed E-state index contributed by atoms with van der Waals surface area (Å²) in [7, 11) is 1.43. The van der Waals surface area contributed by atoms with Crippen LogP contribution in [-0.2, 0) is 5.33 Å². The maximum absolute atomic E-state index is 10.8. The molecule has 0 aliphatic rings. The van der Waals surface area contributed by atoms with Crippen LogP contribution < -0.4 is 9.47 Å². The van der Waals surface area contributed by atoms with E-state index in [9.17, 15) is 10.1 Å². The van der Waals surface area contributed by atoms with Crippen LogP contribution in [-0.4, -0.2) is 12.0 Å². The molecule has 0 saturated heterocycles. The van der Waals surface area contributed by atoms with Crippen molar-refractivity contribution in [1.29, 1.82) is 0 Å². The average molecular weight is 373 g/mol. The highest BCUT2D eigenvalue weighted by molar-refractivity contribution is 9.08. The Morgan fingerprint density at radius 2 is 1.90 bits per heavy atom. The van der Waals surface area contributed by atoms with Gasteiger partial charge in [0.15, 0.2) is 11.5 Å². The molecule has 0 N–H and O–H groups in total. The number of hydrogen-bond acceptors (Lipinski definition) is 4. The van der Waals surface area contributed by atoms with Crippen LogP contribution in [0.1, 0.15) is 5.56 Å². The van der Waals surface area contributed by atoms with Crippen molar-refractivity contribution in [3.05, 3.63) is 57.1 Å². The number of nitro groups is 1. The van der Waals surface area contributed by atoms with Crippen LogP contribution in [0.4, 0.5) is 5.69 Å². The van der Waals surface area contributed by atoms with Crippen molar-refractivity contribution < 1.29 is 14.4 Å². The number of nitro benzene ring substituents is 1. The van der Waals surface area contributed by atoms with Crippen LogP contribution in [0.5, 0.6) is 17.2 Å². The van der Waals surface area contributed by atoms with Gasteiger partial charge in [0, 0.05) is 22.0 Å².